The van der Waals surface area contributed by atoms with Crippen molar-refractivity contribution in [2.75, 3.05) is 6.54 Å². The van der Waals surface area contributed by atoms with E-state index in [0.717, 1.165) is 4.47 Å². The molecule has 1 saturated heterocycles. The maximum atomic E-state index is 4.50. The van der Waals surface area contributed by atoms with Crippen LogP contribution in [0, 0.1) is 0 Å². The zero-order chi connectivity index (χ0) is 10.8. The van der Waals surface area contributed by atoms with Crippen LogP contribution in [0.25, 0.3) is 0 Å². The maximum absolute atomic E-state index is 4.50. The van der Waals surface area contributed by atoms with Crippen molar-refractivity contribution in [2.24, 2.45) is 0 Å². The molecule has 2 heterocycles. The van der Waals surface area contributed by atoms with E-state index in [1.165, 1.54) is 25.1 Å². The third-order valence-electron chi connectivity index (χ3n) is 3.05. The molecular weight excluding hydrogens is 252 g/mol. The van der Waals surface area contributed by atoms with E-state index < -0.39 is 0 Å². The maximum Gasteiger partial charge on any atom is 0.0576 e. The summed E-state index contributed by atoms with van der Waals surface area (Å²) in [6, 6.07) is 5.36. The molecule has 0 amide bonds. The third kappa shape index (κ3) is 2.40. The van der Waals surface area contributed by atoms with Gasteiger partial charge in [0.1, 0.15) is 0 Å². The number of likely N-dealkylation sites (tertiary alicyclic amines) is 1. The molecule has 0 aromatic carbocycles. The second-order valence-corrected chi connectivity index (χ2v) is 5.31. The van der Waals surface area contributed by atoms with Crippen LogP contribution >= 0.6 is 15.9 Å². The second kappa shape index (κ2) is 4.62. The van der Waals surface area contributed by atoms with Crippen molar-refractivity contribution >= 4 is 15.9 Å². The molecule has 0 bridgehead atoms. The summed E-state index contributed by atoms with van der Waals surface area (Å²) in [6.07, 6.45) is 4.43. The SMILES string of the molecule is CC(C)N1CCC[C@H]1c1ccc(Br)cn1. The first-order chi connectivity index (χ1) is 7.18. The van der Waals surface area contributed by atoms with E-state index >= 15 is 0 Å². The van der Waals surface area contributed by atoms with Gasteiger partial charge in [-0.2, -0.15) is 0 Å². The molecule has 1 aromatic rings. The summed E-state index contributed by atoms with van der Waals surface area (Å²) >= 11 is 3.42. The number of pyridine rings is 1. The largest absolute Gasteiger partial charge is 0.292 e. The lowest BCUT2D eigenvalue weighted by molar-refractivity contribution is 0.202. The minimum Gasteiger partial charge on any atom is -0.292 e. The Morgan fingerprint density at radius 3 is 2.87 bits per heavy atom. The number of rotatable bonds is 2. The van der Waals surface area contributed by atoms with Gasteiger partial charge in [0.2, 0.25) is 0 Å². The van der Waals surface area contributed by atoms with E-state index in [2.05, 4.69) is 51.8 Å². The van der Waals surface area contributed by atoms with Gasteiger partial charge in [-0.1, -0.05) is 0 Å². The summed E-state index contributed by atoms with van der Waals surface area (Å²) in [6.45, 7) is 5.73. The molecule has 1 atom stereocenters. The topological polar surface area (TPSA) is 16.1 Å². The van der Waals surface area contributed by atoms with E-state index in [1.54, 1.807) is 0 Å². The molecule has 0 radical (unpaired) electrons. The minimum atomic E-state index is 0.526. The molecule has 0 spiro atoms. The fraction of sp³-hybridized carbons (Fsp3) is 0.583. The Bertz CT molecular complexity index is 321. The predicted molar refractivity (Wildman–Crippen MR) is 65.8 cm³/mol. The molecule has 1 aliphatic heterocycles. The number of nitrogens with zero attached hydrogens (tertiary/aromatic N) is 2. The number of aromatic nitrogens is 1. The molecule has 0 N–H and O–H groups in total. The first-order valence-corrected chi connectivity index (χ1v) is 6.35. The molecule has 15 heavy (non-hydrogen) atoms. The van der Waals surface area contributed by atoms with E-state index in [4.69, 9.17) is 0 Å². The lowest BCUT2D eigenvalue weighted by Crippen LogP contribution is -2.30. The van der Waals surface area contributed by atoms with Gasteiger partial charge in [-0.25, -0.2) is 0 Å². The van der Waals surface area contributed by atoms with Crippen LogP contribution in [-0.4, -0.2) is 22.5 Å². The summed E-state index contributed by atoms with van der Waals surface area (Å²) in [5.41, 5.74) is 1.21. The highest BCUT2D eigenvalue weighted by molar-refractivity contribution is 9.10. The first-order valence-electron chi connectivity index (χ1n) is 5.55. The Hall–Kier alpha value is -0.410. The lowest BCUT2D eigenvalue weighted by Gasteiger charge is -2.27. The number of hydrogen-bond acceptors (Lipinski definition) is 2. The molecule has 0 unspecified atom stereocenters. The van der Waals surface area contributed by atoms with Crippen LogP contribution in [0.1, 0.15) is 38.4 Å². The van der Waals surface area contributed by atoms with Gasteiger partial charge in [0.25, 0.3) is 0 Å². The monoisotopic (exact) mass is 268 g/mol. The average Bonchev–Trinajstić information content (AvgIpc) is 2.67. The third-order valence-corrected chi connectivity index (χ3v) is 3.52. The van der Waals surface area contributed by atoms with Gasteiger partial charge >= 0.3 is 0 Å². The van der Waals surface area contributed by atoms with Crippen molar-refractivity contribution in [3.63, 3.8) is 0 Å². The van der Waals surface area contributed by atoms with Crippen molar-refractivity contribution in [3.8, 4) is 0 Å². The van der Waals surface area contributed by atoms with Crippen LogP contribution in [-0.2, 0) is 0 Å². The van der Waals surface area contributed by atoms with E-state index in [9.17, 15) is 0 Å². The van der Waals surface area contributed by atoms with Crippen molar-refractivity contribution < 1.29 is 0 Å². The summed E-state index contributed by atoms with van der Waals surface area (Å²) in [4.78, 5) is 7.04. The van der Waals surface area contributed by atoms with E-state index in [1.807, 2.05) is 6.20 Å². The van der Waals surface area contributed by atoms with Crippen LogP contribution in [0.5, 0.6) is 0 Å². The van der Waals surface area contributed by atoms with E-state index in [-0.39, 0.29) is 0 Å². The van der Waals surface area contributed by atoms with Gasteiger partial charge in [0.05, 0.1) is 11.7 Å². The lowest BCUT2D eigenvalue weighted by atomic mass is 10.1. The fourth-order valence-corrected chi connectivity index (χ4v) is 2.54. The quantitative estimate of drug-likeness (QED) is 0.818. The fourth-order valence-electron chi connectivity index (χ4n) is 2.31. The molecule has 1 aliphatic rings. The summed E-state index contributed by atoms with van der Waals surface area (Å²) < 4.78 is 1.06. The molecule has 2 nitrogen and oxygen atoms in total. The van der Waals surface area contributed by atoms with Crippen molar-refractivity contribution in [1.82, 2.24) is 9.88 Å². The van der Waals surface area contributed by atoms with Crippen LogP contribution in [0.15, 0.2) is 22.8 Å². The highest BCUT2D eigenvalue weighted by atomic mass is 79.9. The molecule has 3 heteroatoms. The van der Waals surface area contributed by atoms with Gasteiger partial charge < -0.3 is 0 Å². The van der Waals surface area contributed by atoms with Gasteiger partial charge in [-0.3, -0.25) is 9.88 Å². The predicted octanol–water partition coefficient (Wildman–Crippen LogP) is 3.39. The van der Waals surface area contributed by atoms with E-state index in [0.29, 0.717) is 12.1 Å². The standard InChI is InChI=1S/C12H17BrN2/c1-9(2)15-7-3-4-12(15)11-6-5-10(13)8-14-11/h5-6,8-9,12H,3-4,7H2,1-2H3/t12-/m0/s1. The molecule has 1 aromatic heterocycles. The first kappa shape index (κ1) is 11.1. The Balaban J connectivity index is 2.19. The highest BCUT2D eigenvalue weighted by Crippen LogP contribution is 2.32. The van der Waals surface area contributed by atoms with Gasteiger partial charge in [0.15, 0.2) is 0 Å². The molecule has 2 rings (SSSR count). The Kier molecular flexibility index (Phi) is 3.42. The van der Waals surface area contributed by atoms with Crippen LogP contribution in [0.2, 0.25) is 0 Å². The van der Waals surface area contributed by atoms with Crippen LogP contribution in [0.3, 0.4) is 0 Å². The van der Waals surface area contributed by atoms with Crippen molar-refractivity contribution in [1.29, 1.82) is 0 Å². The smallest absolute Gasteiger partial charge is 0.0576 e. The summed E-state index contributed by atoms with van der Waals surface area (Å²) in [7, 11) is 0. The molecule has 0 aliphatic carbocycles. The van der Waals surface area contributed by atoms with Gasteiger partial charge in [0, 0.05) is 16.7 Å². The summed E-state index contributed by atoms with van der Waals surface area (Å²) in [5.74, 6) is 0. The summed E-state index contributed by atoms with van der Waals surface area (Å²) in [5, 5.41) is 0. The molecular formula is C12H17BrN2. The van der Waals surface area contributed by atoms with Crippen molar-refractivity contribution in [2.45, 2.75) is 38.8 Å². The average molecular weight is 269 g/mol. The minimum absolute atomic E-state index is 0.526. The molecule has 1 fully saturated rings. The zero-order valence-electron chi connectivity index (χ0n) is 9.28. The highest BCUT2D eigenvalue weighted by Gasteiger charge is 2.28. The molecule has 82 valence electrons. The second-order valence-electron chi connectivity index (χ2n) is 4.39. The van der Waals surface area contributed by atoms with Crippen LogP contribution < -0.4 is 0 Å². The van der Waals surface area contributed by atoms with Gasteiger partial charge in [-0.05, 0) is 61.3 Å². The van der Waals surface area contributed by atoms with Crippen LogP contribution in [0.4, 0.5) is 0 Å². The Morgan fingerprint density at radius 1 is 1.47 bits per heavy atom. The normalized spacial score (nSPS) is 22.5. The number of hydrogen-bond donors (Lipinski definition) is 0. The van der Waals surface area contributed by atoms with Gasteiger partial charge in [-0.15, -0.1) is 0 Å². The molecule has 0 saturated carbocycles. The van der Waals surface area contributed by atoms with Crippen molar-refractivity contribution in [3.05, 3.63) is 28.5 Å². The number of halogens is 1. The Labute approximate surface area is 99.8 Å². The zero-order valence-corrected chi connectivity index (χ0v) is 10.9. The Morgan fingerprint density at radius 2 is 2.27 bits per heavy atom.